The van der Waals surface area contributed by atoms with Gasteiger partial charge in [0, 0.05) is 24.6 Å². The van der Waals surface area contributed by atoms with E-state index in [0.29, 0.717) is 36.1 Å². The van der Waals surface area contributed by atoms with Crippen molar-refractivity contribution in [3.8, 4) is 11.5 Å². The first-order valence-corrected chi connectivity index (χ1v) is 9.35. The Hall–Kier alpha value is -2.48. The van der Waals surface area contributed by atoms with Crippen molar-refractivity contribution >= 4 is 11.5 Å². The van der Waals surface area contributed by atoms with E-state index in [2.05, 4.69) is 34.3 Å². The fourth-order valence-electron chi connectivity index (χ4n) is 4.44. The van der Waals surface area contributed by atoms with E-state index in [1.165, 1.54) is 6.07 Å². The van der Waals surface area contributed by atoms with Crippen molar-refractivity contribution in [2.75, 3.05) is 24.5 Å². The quantitative estimate of drug-likeness (QED) is 0.856. The Labute approximate surface area is 155 Å². The van der Waals surface area contributed by atoms with Crippen molar-refractivity contribution in [1.82, 2.24) is 15.5 Å². The number of hydrogen-bond acceptors (Lipinski definition) is 6. The van der Waals surface area contributed by atoms with E-state index in [4.69, 9.17) is 4.42 Å². The van der Waals surface area contributed by atoms with Gasteiger partial charge in [-0.2, -0.15) is 0 Å². The molecule has 2 N–H and O–H groups in total. The number of carbonyl (C=O) groups excluding carboxylic acids is 1. The minimum Gasteiger partial charge on any atom is -0.388 e. The van der Waals surface area contributed by atoms with Crippen LogP contribution in [0, 0.1) is 17.7 Å². The molecule has 0 bridgehead atoms. The van der Waals surface area contributed by atoms with Gasteiger partial charge in [-0.15, -0.1) is 5.10 Å². The highest BCUT2D eigenvalue weighted by atomic mass is 19.1. The van der Waals surface area contributed by atoms with Crippen molar-refractivity contribution in [2.45, 2.75) is 32.7 Å². The van der Waals surface area contributed by atoms with E-state index in [1.54, 1.807) is 6.07 Å². The average Bonchev–Trinajstić information content (AvgIpc) is 3.08. The van der Waals surface area contributed by atoms with Crippen LogP contribution in [0.15, 0.2) is 21.3 Å². The average molecular weight is 374 g/mol. The standard InChI is InChI=1S/C19H23FN4O3/c1-10-9-21-5-3-13(10)11(2)24-6-4-16(25)17-14(20)7-12(8-15(17)24)18-22-23-19(26)27-18/h7-8,10-11,13,21H,3-6,9H2,1-2H3,(H,23,26)/t10-,11?,13+/m1/s1. The maximum absolute atomic E-state index is 14.8. The predicted molar refractivity (Wildman–Crippen MR) is 98.4 cm³/mol. The molecule has 1 unspecified atom stereocenters. The van der Waals surface area contributed by atoms with Crippen molar-refractivity contribution < 1.29 is 13.6 Å². The highest BCUT2D eigenvalue weighted by Crippen LogP contribution is 2.37. The number of ketones is 1. The van der Waals surface area contributed by atoms with E-state index in [9.17, 15) is 14.0 Å². The van der Waals surface area contributed by atoms with Gasteiger partial charge in [0.15, 0.2) is 5.78 Å². The van der Waals surface area contributed by atoms with Crippen molar-refractivity contribution in [1.29, 1.82) is 0 Å². The summed E-state index contributed by atoms with van der Waals surface area (Å²) in [6.07, 6.45) is 1.34. The lowest BCUT2D eigenvalue weighted by molar-refractivity contribution is 0.0972. The number of piperidine rings is 1. The van der Waals surface area contributed by atoms with Crippen molar-refractivity contribution in [2.24, 2.45) is 11.8 Å². The molecule has 3 atom stereocenters. The first kappa shape index (κ1) is 17.9. The molecule has 1 saturated heterocycles. The van der Waals surface area contributed by atoms with Crippen LogP contribution in [0.25, 0.3) is 11.5 Å². The third kappa shape index (κ3) is 3.18. The van der Waals surface area contributed by atoms with Crippen LogP contribution in [-0.2, 0) is 0 Å². The first-order chi connectivity index (χ1) is 13.0. The summed E-state index contributed by atoms with van der Waals surface area (Å²) < 4.78 is 19.8. The molecule has 4 rings (SSSR count). The summed E-state index contributed by atoms with van der Waals surface area (Å²) >= 11 is 0. The van der Waals surface area contributed by atoms with Crippen molar-refractivity contribution in [3.63, 3.8) is 0 Å². The predicted octanol–water partition coefficient (Wildman–Crippen LogP) is 2.20. The molecule has 2 aliphatic rings. The van der Waals surface area contributed by atoms with Crippen LogP contribution in [0.2, 0.25) is 0 Å². The smallest absolute Gasteiger partial charge is 0.388 e. The second-order valence-corrected chi connectivity index (χ2v) is 7.51. The summed E-state index contributed by atoms with van der Waals surface area (Å²) in [5, 5.41) is 9.37. The summed E-state index contributed by atoms with van der Waals surface area (Å²) in [7, 11) is 0. The molecule has 3 heterocycles. The maximum Gasteiger partial charge on any atom is 0.434 e. The number of nitrogens with zero attached hydrogens (tertiary/aromatic N) is 2. The second kappa shape index (κ2) is 6.92. The molecule has 0 amide bonds. The highest BCUT2D eigenvalue weighted by molar-refractivity contribution is 6.04. The Morgan fingerprint density at radius 1 is 1.37 bits per heavy atom. The van der Waals surface area contributed by atoms with Gasteiger partial charge in [-0.1, -0.05) is 6.92 Å². The zero-order chi connectivity index (χ0) is 19.1. The van der Waals surface area contributed by atoms with Gasteiger partial charge < -0.3 is 14.6 Å². The van der Waals surface area contributed by atoms with Gasteiger partial charge in [0.05, 0.1) is 11.3 Å². The number of benzene rings is 1. The van der Waals surface area contributed by atoms with Gasteiger partial charge in [0.1, 0.15) is 5.82 Å². The molecule has 27 heavy (non-hydrogen) atoms. The second-order valence-electron chi connectivity index (χ2n) is 7.51. The van der Waals surface area contributed by atoms with E-state index in [0.717, 1.165) is 19.5 Å². The largest absolute Gasteiger partial charge is 0.434 e. The lowest BCUT2D eigenvalue weighted by Crippen LogP contribution is -2.49. The van der Waals surface area contributed by atoms with E-state index in [-0.39, 0.29) is 23.3 Å². The molecule has 2 aromatic rings. The molecule has 1 aromatic heterocycles. The Kier molecular flexibility index (Phi) is 4.59. The fraction of sp³-hybridized carbons (Fsp3) is 0.526. The van der Waals surface area contributed by atoms with Gasteiger partial charge in [-0.05, 0) is 50.4 Å². The van der Waals surface area contributed by atoms with E-state index in [1.807, 2.05) is 0 Å². The Morgan fingerprint density at radius 3 is 2.89 bits per heavy atom. The molecule has 2 aliphatic heterocycles. The van der Waals surface area contributed by atoms with Gasteiger partial charge in [0.25, 0.3) is 0 Å². The SMILES string of the molecule is CC([C@H]1CCNC[C@H]1C)N1CCC(=O)c2c(F)cc(-c3n[nH]c(=O)o3)cc21. The van der Waals surface area contributed by atoms with Gasteiger partial charge >= 0.3 is 5.76 Å². The number of Topliss-reactive ketones (excluding diaryl/α,β-unsaturated/α-hetero) is 1. The van der Waals surface area contributed by atoms with Crippen molar-refractivity contribution in [3.05, 3.63) is 34.1 Å². The Bertz CT molecular complexity index is 922. The highest BCUT2D eigenvalue weighted by Gasteiger charge is 2.35. The van der Waals surface area contributed by atoms with Crippen LogP contribution in [0.3, 0.4) is 0 Å². The number of aromatic amines is 1. The van der Waals surface area contributed by atoms with Gasteiger partial charge in [-0.25, -0.2) is 14.3 Å². The van der Waals surface area contributed by atoms with Crippen LogP contribution in [0.1, 0.15) is 37.0 Å². The van der Waals surface area contributed by atoms with Gasteiger partial charge in [0.2, 0.25) is 5.89 Å². The van der Waals surface area contributed by atoms with E-state index < -0.39 is 11.6 Å². The molecule has 144 valence electrons. The zero-order valence-corrected chi connectivity index (χ0v) is 15.4. The number of H-pyrrole nitrogens is 1. The third-order valence-electron chi connectivity index (χ3n) is 5.89. The molecule has 8 heteroatoms. The van der Waals surface area contributed by atoms with Crippen LogP contribution in [0.4, 0.5) is 10.1 Å². The Morgan fingerprint density at radius 2 is 2.19 bits per heavy atom. The summed E-state index contributed by atoms with van der Waals surface area (Å²) in [6, 6.07) is 3.07. The molecular weight excluding hydrogens is 351 g/mol. The number of halogens is 1. The molecule has 0 spiro atoms. The van der Waals surface area contributed by atoms with Crippen LogP contribution in [-0.4, -0.2) is 41.7 Å². The Balaban J connectivity index is 1.77. The van der Waals surface area contributed by atoms with Crippen LogP contribution >= 0.6 is 0 Å². The number of rotatable bonds is 3. The molecular formula is C19H23FN4O3. The minimum absolute atomic E-state index is 0.0163. The number of fused-ring (bicyclic) bond motifs is 1. The summed E-state index contributed by atoms with van der Waals surface area (Å²) in [5.41, 5.74) is 1.02. The lowest BCUT2D eigenvalue weighted by Gasteiger charge is -2.43. The minimum atomic E-state index is -0.701. The first-order valence-electron chi connectivity index (χ1n) is 9.35. The fourth-order valence-corrected chi connectivity index (χ4v) is 4.44. The number of aromatic nitrogens is 2. The topological polar surface area (TPSA) is 91.2 Å². The van der Waals surface area contributed by atoms with Gasteiger partial charge in [-0.3, -0.25) is 4.79 Å². The summed E-state index contributed by atoms with van der Waals surface area (Å²) in [4.78, 5) is 25.8. The number of carbonyl (C=O) groups is 1. The number of hydrogen-bond donors (Lipinski definition) is 2. The summed E-state index contributed by atoms with van der Waals surface area (Å²) in [5.74, 6) is -0.544. The number of nitrogens with one attached hydrogen (secondary N) is 2. The normalized spacial score (nSPS) is 24.0. The maximum atomic E-state index is 14.8. The monoisotopic (exact) mass is 374 g/mol. The zero-order valence-electron chi connectivity index (χ0n) is 15.4. The molecule has 0 radical (unpaired) electrons. The molecule has 0 aliphatic carbocycles. The van der Waals surface area contributed by atoms with E-state index >= 15 is 0 Å². The third-order valence-corrected chi connectivity index (χ3v) is 5.89. The van der Waals surface area contributed by atoms with Crippen LogP contribution in [0.5, 0.6) is 0 Å². The molecule has 7 nitrogen and oxygen atoms in total. The van der Waals surface area contributed by atoms with Crippen LogP contribution < -0.4 is 16.0 Å². The number of anilines is 1. The molecule has 1 fully saturated rings. The lowest BCUT2D eigenvalue weighted by atomic mass is 9.81. The molecule has 0 saturated carbocycles. The molecule has 1 aromatic carbocycles. The summed E-state index contributed by atoms with van der Waals surface area (Å²) in [6.45, 7) is 6.84.